The fourth-order valence-corrected chi connectivity index (χ4v) is 2.67. The summed E-state index contributed by atoms with van der Waals surface area (Å²) >= 11 is 3.47. The topological polar surface area (TPSA) is 29.5 Å². The molecule has 0 aliphatic heterocycles. The van der Waals surface area contributed by atoms with Crippen LogP contribution in [0.5, 0.6) is 0 Å². The zero-order chi connectivity index (χ0) is 13.7. The summed E-state index contributed by atoms with van der Waals surface area (Å²) in [6.07, 6.45) is 0.752. The third-order valence-electron chi connectivity index (χ3n) is 3.07. The molecule has 1 aromatic rings. The first-order chi connectivity index (χ1) is 8.51. The predicted octanol–water partition coefficient (Wildman–Crippen LogP) is 3.25. The molecule has 18 heavy (non-hydrogen) atoms. The molecule has 0 radical (unpaired) electrons. The largest absolute Gasteiger partial charge is 0.469 e. The van der Waals surface area contributed by atoms with Gasteiger partial charge in [0.25, 0.3) is 0 Å². The Bertz CT molecular complexity index is 407. The number of ether oxygens (including phenoxy) is 1. The van der Waals surface area contributed by atoms with Crippen LogP contribution < -0.4 is 0 Å². The number of hydrogen-bond donors (Lipinski definition) is 0. The van der Waals surface area contributed by atoms with Crippen LogP contribution in [-0.4, -0.2) is 32.1 Å². The lowest BCUT2D eigenvalue weighted by Crippen LogP contribution is -2.32. The Morgan fingerprint density at radius 2 is 2.11 bits per heavy atom. The van der Waals surface area contributed by atoms with E-state index in [-0.39, 0.29) is 17.9 Å². The highest BCUT2D eigenvalue weighted by Gasteiger charge is 2.30. The van der Waals surface area contributed by atoms with Gasteiger partial charge in [-0.2, -0.15) is 0 Å². The molecule has 2 unspecified atom stereocenters. The van der Waals surface area contributed by atoms with E-state index in [1.54, 1.807) is 0 Å². The number of esters is 1. The summed E-state index contributed by atoms with van der Waals surface area (Å²) in [5.74, 6) is -0.310. The fraction of sp³-hybridized carbons (Fsp3) is 0.500. The van der Waals surface area contributed by atoms with E-state index >= 15 is 0 Å². The molecule has 0 N–H and O–H groups in total. The Kier molecular flexibility index (Phi) is 5.82. The lowest BCUT2D eigenvalue weighted by molar-refractivity contribution is -0.148. The van der Waals surface area contributed by atoms with Crippen molar-refractivity contribution >= 4 is 21.9 Å². The van der Waals surface area contributed by atoms with Crippen LogP contribution in [0.1, 0.15) is 24.9 Å². The van der Waals surface area contributed by atoms with Gasteiger partial charge >= 0.3 is 5.97 Å². The summed E-state index contributed by atoms with van der Waals surface area (Å²) < 4.78 is 5.93. The molecule has 100 valence electrons. The van der Waals surface area contributed by atoms with Gasteiger partial charge in [-0.1, -0.05) is 35.0 Å². The molecule has 0 aliphatic carbocycles. The van der Waals surface area contributed by atoms with E-state index in [2.05, 4.69) is 26.9 Å². The van der Waals surface area contributed by atoms with Crippen LogP contribution in [-0.2, 0) is 9.53 Å². The normalized spacial score (nSPS) is 14.3. The van der Waals surface area contributed by atoms with Crippen molar-refractivity contribution in [2.24, 2.45) is 5.92 Å². The third kappa shape index (κ3) is 3.56. The van der Waals surface area contributed by atoms with Crippen LogP contribution in [0.15, 0.2) is 28.7 Å². The monoisotopic (exact) mass is 313 g/mol. The Morgan fingerprint density at radius 1 is 1.44 bits per heavy atom. The lowest BCUT2D eigenvalue weighted by Gasteiger charge is -2.30. The van der Waals surface area contributed by atoms with E-state index in [0.717, 1.165) is 16.5 Å². The number of benzene rings is 1. The number of hydrogen-bond acceptors (Lipinski definition) is 3. The molecule has 0 bridgehead atoms. The van der Waals surface area contributed by atoms with E-state index < -0.39 is 0 Å². The smallest absolute Gasteiger partial charge is 0.310 e. The van der Waals surface area contributed by atoms with Crippen molar-refractivity contribution in [1.82, 2.24) is 4.90 Å². The number of rotatable bonds is 5. The van der Waals surface area contributed by atoms with Crippen LogP contribution in [0.4, 0.5) is 0 Å². The molecular weight excluding hydrogens is 294 g/mol. The Balaban J connectivity index is 3.12. The van der Waals surface area contributed by atoms with Gasteiger partial charge in [-0.3, -0.25) is 4.79 Å². The van der Waals surface area contributed by atoms with E-state index in [1.807, 2.05) is 39.2 Å². The van der Waals surface area contributed by atoms with Crippen molar-refractivity contribution in [3.63, 3.8) is 0 Å². The van der Waals surface area contributed by atoms with Crippen molar-refractivity contribution in [2.45, 2.75) is 19.4 Å². The minimum absolute atomic E-state index is 0.0277. The Hall–Kier alpha value is -0.870. The van der Waals surface area contributed by atoms with Gasteiger partial charge in [0, 0.05) is 10.5 Å². The zero-order valence-electron chi connectivity index (χ0n) is 11.3. The zero-order valence-corrected chi connectivity index (χ0v) is 12.9. The van der Waals surface area contributed by atoms with E-state index in [0.29, 0.717) is 0 Å². The van der Waals surface area contributed by atoms with Crippen molar-refractivity contribution in [2.75, 3.05) is 21.2 Å². The van der Waals surface area contributed by atoms with Crippen molar-refractivity contribution in [1.29, 1.82) is 0 Å². The maximum Gasteiger partial charge on any atom is 0.310 e. The van der Waals surface area contributed by atoms with Crippen LogP contribution in [0.3, 0.4) is 0 Å². The minimum Gasteiger partial charge on any atom is -0.469 e. The van der Waals surface area contributed by atoms with Gasteiger partial charge in [0.15, 0.2) is 0 Å². The lowest BCUT2D eigenvalue weighted by atomic mass is 9.90. The highest BCUT2D eigenvalue weighted by atomic mass is 79.9. The van der Waals surface area contributed by atoms with Gasteiger partial charge < -0.3 is 9.64 Å². The molecule has 0 amide bonds. The van der Waals surface area contributed by atoms with E-state index in [9.17, 15) is 4.79 Å². The van der Waals surface area contributed by atoms with Gasteiger partial charge in [-0.25, -0.2) is 0 Å². The number of carbonyl (C=O) groups is 1. The Morgan fingerprint density at radius 3 is 2.56 bits per heavy atom. The van der Waals surface area contributed by atoms with E-state index in [1.165, 1.54) is 7.11 Å². The maximum absolute atomic E-state index is 11.9. The highest BCUT2D eigenvalue weighted by molar-refractivity contribution is 9.10. The molecular formula is C14H20BrNO2. The second kappa shape index (κ2) is 6.90. The van der Waals surface area contributed by atoms with Crippen molar-refractivity contribution in [3.05, 3.63) is 34.3 Å². The molecule has 0 aromatic heterocycles. The molecule has 1 rings (SSSR count). The molecule has 4 heteroatoms. The quantitative estimate of drug-likeness (QED) is 0.781. The standard InChI is InChI=1S/C14H20BrNO2/c1-5-12(14(17)18-4)13(16(2)3)10-7-6-8-11(15)9-10/h6-9,12-13H,5H2,1-4H3. The number of methoxy groups -OCH3 is 1. The van der Waals surface area contributed by atoms with Crippen molar-refractivity contribution in [3.8, 4) is 0 Å². The predicted molar refractivity (Wildman–Crippen MR) is 76.4 cm³/mol. The third-order valence-corrected chi connectivity index (χ3v) is 3.56. The summed E-state index contributed by atoms with van der Waals surface area (Å²) in [5.41, 5.74) is 1.12. The van der Waals surface area contributed by atoms with Crippen LogP contribution >= 0.6 is 15.9 Å². The first-order valence-corrected chi connectivity index (χ1v) is 6.80. The average Bonchev–Trinajstić information content (AvgIpc) is 2.34. The SMILES string of the molecule is CCC(C(=O)OC)C(c1cccc(Br)c1)N(C)C. The summed E-state index contributed by atoms with van der Waals surface area (Å²) in [6, 6.07) is 8.09. The molecule has 3 nitrogen and oxygen atoms in total. The second-order valence-electron chi connectivity index (χ2n) is 4.50. The summed E-state index contributed by atoms with van der Waals surface area (Å²) in [4.78, 5) is 13.9. The van der Waals surface area contributed by atoms with Crippen molar-refractivity contribution < 1.29 is 9.53 Å². The first-order valence-electron chi connectivity index (χ1n) is 6.01. The van der Waals surface area contributed by atoms with Gasteiger partial charge in [-0.15, -0.1) is 0 Å². The second-order valence-corrected chi connectivity index (χ2v) is 5.42. The molecule has 0 fully saturated rings. The van der Waals surface area contributed by atoms with Gasteiger partial charge in [0.2, 0.25) is 0 Å². The van der Waals surface area contributed by atoms with Crippen LogP contribution in [0.2, 0.25) is 0 Å². The number of nitrogens with zero attached hydrogens (tertiary/aromatic N) is 1. The molecule has 0 saturated heterocycles. The van der Waals surface area contributed by atoms with Crippen LogP contribution in [0, 0.1) is 5.92 Å². The molecule has 2 atom stereocenters. The molecule has 0 saturated carbocycles. The number of carbonyl (C=O) groups excluding carboxylic acids is 1. The summed E-state index contributed by atoms with van der Waals surface area (Å²) in [6.45, 7) is 2.01. The molecule has 0 heterocycles. The minimum atomic E-state index is -0.156. The average molecular weight is 314 g/mol. The Labute approximate surface area is 117 Å². The maximum atomic E-state index is 11.9. The fourth-order valence-electron chi connectivity index (χ4n) is 2.25. The van der Waals surface area contributed by atoms with Crippen LogP contribution in [0.25, 0.3) is 0 Å². The summed E-state index contributed by atoms with van der Waals surface area (Å²) in [7, 11) is 5.41. The van der Waals surface area contributed by atoms with Gasteiger partial charge in [-0.05, 0) is 38.2 Å². The van der Waals surface area contributed by atoms with Gasteiger partial charge in [0.05, 0.1) is 13.0 Å². The molecule has 1 aromatic carbocycles. The highest BCUT2D eigenvalue weighted by Crippen LogP contribution is 2.31. The number of halogens is 1. The molecule has 0 aliphatic rings. The first kappa shape index (κ1) is 15.2. The van der Waals surface area contributed by atoms with Gasteiger partial charge in [0.1, 0.15) is 0 Å². The molecule has 0 spiro atoms. The van der Waals surface area contributed by atoms with E-state index in [4.69, 9.17) is 4.74 Å². The summed E-state index contributed by atoms with van der Waals surface area (Å²) in [5, 5.41) is 0.